The minimum Gasteiger partial charge on any atom is -0.322 e. The summed E-state index contributed by atoms with van der Waals surface area (Å²) < 4.78 is 1.83. The number of nitrogens with zero attached hydrogens (tertiary/aromatic N) is 2. The zero-order valence-electron chi connectivity index (χ0n) is 12.1. The molecule has 2 aromatic heterocycles. The Morgan fingerprint density at radius 2 is 2.14 bits per heavy atom. The number of pyridine rings is 1. The molecule has 1 amide bonds. The highest BCUT2D eigenvalue weighted by Crippen LogP contribution is 2.16. The van der Waals surface area contributed by atoms with Gasteiger partial charge in [-0.1, -0.05) is 13.0 Å². The molecule has 1 N–H and O–H groups in total. The summed E-state index contributed by atoms with van der Waals surface area (Å²) in [6, 6.07) is 9.63. The van der Waals surface area contributed by atoms with Gasteiger partial charge >= 0.3 is 0 Å². The molecule has 0 atom stereocenters. The van der Waals surface area contributed by atoms with E-state index in [1.54, 1.807) is 18.5 Å². The van der Waals surface area contributed by atoms with Gasteiger partial charge < -0.3 is 9.72 Å². The number of aryl methyl sites for hydroxylation is 2. The van der Waals surface area contributed by atoms with Crippen molar-refractivity contribution in [2.45, 2.75) is 20.3 Å². The Morgan fingerprint density at radius 3 is 2.90 bits per heavy atom. The van der Waals surface area contributed by atoms with Crippen LogP contribution in [0.1, 0.15) is 28.4 Å². The number of amides is 1. The molecule has 0 aliphatic carbocycles. The van der Waals surface area contributed by atoms with Gasteiger partial charge in [0.2, 0.25) is 0 Å². The highest BCUT2D eigenvalue weighted by atomic mass is 16.1. The maximum atomic E-state index is 12.3. The van der Waals surface area contributed by atoms with Crippen LogP contribution < -0.4 is 5.32 Å². The number of nitrogens with one attached hydrogen (secondary N) is 1. The Bertz CT molecular complexity index is 805. The fourth-order valence-corrected chi connectivity index (χ4v) is 2.43. The third kappa shape index (κ3) is 2.65. The van der Waals surface area contributed by atoms with Gasteiger partial charge in [0.25, 0.3) is 5.91 Å². The van der Waals surface area contributed by atoms with Crippen LogP contribution >= 0.6 is 0 Å². The summed E-state index contributed by atoms with van der Waals surface area (Å²) in [5.41, 5.74) is 4.75. The van der Waals surface area contributed by atoms with E-state index >= 15 is 0 Å². The molecule has 0 spiro atoms. The van der Waals surface area contributed by atoms with E-state index in [1.165, 1.54) is 11.1 Å². The van der Waals surface area contributed by atoms with Crippen LogP contribution in [0, 0.1) is 6.92 Å². The number of imidazole rings is 1. The Hall–Kier alpha value is -2.62. The highest BCUT2D eigenvalue weighted by Gasteiger charge is 2.08. The van der Waals surface area contributed by atoms with Crippen molar-refractivity contribution in [2.24, 2.45) is 0 Å². The first kappa shape index (κ1) is 13.4. The van der Waals surface area contributed by atoms with Crippen LogP contribution in [0.2, 0.25) is 0 Å². The van der Waals surface area contributed by atoms with Crippen LogP contribution in [0.5, 0.6) is 0 Å². The molecule has 0 bridgehead atoms. The van der Waals surface area contributed by atoms with Gasteiger partial charge in [-0.05, 0) is 48.7 Å². The lowest BCUT2D eigenvalue weighted by atomic mass is 10.1. The van der Waals surface area contributed by atoms with Crippen molar-refractivity contribution < 1.29 is 4.79 Å². The number of anilines is 1. The summed E-state index contributed by atoms with van der Waals surface area (Å²) in [4.78, 5) is 16.5. The van der Waals surface area contributed by atoms with Gasteiger partial charge in [-0.25, -0.2) is 4.98 Å². The van der Waals surface area contributed by atoms with Crippen molar-refractivity contribution in [1.29, 1.82) is 0 Å². The lowest BCUT2D eigenvalue weighted by Crippen LogP contribution is -2.12. The smallest absolute Gasteiger partial charge is 0.257 e. The molecule has 0 saturated carbocycles. The Labute approximate surface area is 123 Å². The lowest BCUT2D eigenvalue weighted by Gasteiger charge is -2.09. The van der Waals surface area contributed by atoms with E-state index in [0.29, 0.717) is 5.56 Å². The zero-order chi connectivity index (χ0) is 14.8. The summed E-state index contributed by atoms with van der Waals surface area (Å²) in [5.74, 6) is -0.116. The minimum absolute atomic E-state index is 0.116. The van der Waals surface area contributed by atoms with Crippen molar-refractivity contribution in [2.75, 3.05) is 5.32 Å². The second kappa shape index (κ2) is 5.40. The first-order chi connectivity index (χ1) is 10.2. The molecule has 0 radical (unpaired) electrons. The predicted molar refractivity (Wildman–Crippen MR) is 83.7 cm³/mol. The minimum atomic E-state index is -0.116. The molecular formula is C17H17N3O. The van der Waals surface area contributed by atoms with Crippen molar-refractivity contribution in [1.82, 2.24) is 9.38 Å². The quantitative estimate of drug-likeness (QED) is 0.798. The van der Waals surface area contributed by atoms with Gasteiger partial charge in [0, 0.05) is 24.3 Å². The number of hydrogen-bond acceptors (Lipinski definition) is 2. The molecule has 4 nitrogen and oxygen atoms in total. The van der Waals surface area contributed by atoms with Crippen LogP contribution in [-0.4, -0.2) is 15.3 Å². The fourth-order valence-electron chi connectivity index (χ4n) is 2.43. The van der Waals surface area contributed by atoms with E-state index in [2.05, 4.69) is 30.2 Å². The topological polar surface area (TPSA) is 46.4 Å². The first-order valence-electron chi connectivity index (χ1n) is 7.01. The number of aromatic nitrogens is 2. The van der Waals surface area contributed by atoms with E-state index < -0.39 is 0 Å². The standard InChI is InChI=1S/C17H17N3O/c1-3-13-4-6-15(10-12(13)2)19-17(21)14-5-7-16-18-8-9-20(16)11-14/h4-11H,3H2,1-2H3,(H,19,21). The van der Waals surface area contributed by atoms with Gasteiger partial charge in [-0.3, -0.25) is 4.79 Å². The van der Waals surface area contributed by atoms with Crippen molar-refractivity contribution in [3.05, 3.63) is 65.6 Å². The Kier molecular flexibility index (Phi) is 3.44. The monoisotopic (exact) mass is 279 g/mol. The van der Waals surface area contributed by atoms with Gasteiger partial charge in [0.15, 0.2) is 0 Å². The van der Waals surface area contributed by atoms with Crippen LogP contribution in [0.4, 0.5) is 5.69 Å². The number of carbonyl (C=O) groups excluding carboxylic acids is 1. The summed E-state index contributed by atoms with van der Waals surface area (Å²) >= 11 is 0. The molecule has 0 fully saturated rings. The molecule has 0 aliphatic rings. The normalized spacial score (nSPS) is 10.8. The molecule has 4 heteroatoms. The number of carbonyl (C=O) groups is 1. The van der Waals surface area contributed by atoms with Crippen LogP contribution in [0.3, 0.4) is 0 Å². The van der Waals surface area contributed by atoms with E-state index in [0.717, 1.165) is 17.8 Å². The lowest BCUT2D eigenvalue weighted by molar-refractivity contribution is 0.102. The predicted octanol–water partition coefficient (Wildman–Crippen LogP) is 3.46. The van der Waals surface area contributed by atoms with E-state index in [1.807, 2.05) is 28.8 Å². The summed E-state index contributed by atoms with van der Waals surface area (Å²) in [5, 5.41) is 2.93. The number of hydrogen-bond donors (Lipinski definition) is 1. The molecule has 21 heavy (non-hydrogen) atoms. The summed E-state index contributed by atoms with van der Waals surface area (Å²) in [6.07, 6.45) is 6.32. The number of fused-ring (bicyclic) bond motifs is 1. The van der Waals surface area contributed by atoms with Crippen molar-refractivity contribution in [3.8, 4) is 0 Å². The third-order valence-corrected chi connectivity index (χ3v) is 3.63. The van der Waals surface area contributed by atoms with Gasteiger partial charge in [-0.2, -0.15) is 0 Å². The fraction of sp³-hybridized carbons (Fsp3) is 0.176. The molecule has 0 aliphatic heterocycles. The maximum Gasteiger partial charge on any atom is 0.257 e. The molecular weight excluding hydrogens is 262 g/mol. The first-order valence-corrected chi connectivity index (χ1v) is 7.01. The number of rotatable bonds is 3. The average Bonchev–Trinajstić information content (AvgIpc) is 2.94. The molecule has 106 valence electrons. The van der Waals surface area contributed by atoms with E-state index in [4.69, 9.17) is 0 Å². The largest absolute Gasteiger partial charge is 0.322 e. The van der Waals surface area contributed by atoms with Crippen LogP contribution in [-0.2, 0) is 6.42 Å². The van der Waals surface area contributed by atoms with Gasteiger partial charge in [0.1, 0.15) is 5.65 Å². The van der Waals surface area contributed by atoms with Crippen LogP contribution in [0.15, 0.2) is 48.9 Å². The maximum absolute atomic E-state index is 12.3. The molecule has 1 aromatic carbocycles. The van der Waals surface area contributed by atoms with Crippen LogP contribution in [0.25, 0.3) is 5.65 Å². The number of benzene rings is 1. The molecule has 0 unspecified atom stereocenters. The zero-order valence-corrected chi connectivity index (χ0v) is 12.1. The Balaban J connectivity index is 1.83. The summed E-state index contributed by atoms with van der Waals surface area (Å²) in [6.45, 7) is 4.19. The SMILES string of the molecule is CCc1ccc(NC(=O)c2ccc3nccn3c2)cc1C. The van der Waals surface area contributed by atoms with E-state index in [-0.39, 0.29) is 5.91 Å². The molecule has 0 saturated heterocycles. The second-order valence-electron chi connectivity index (χ2n) is 5.06. The molecule has 2 heterocycles. The second-order valence-corrected chi connectivity index (χ2v) is 5.06. The van der Waals surface area contributed by atoms with E-state index in [9.17, 15) is 4.79 Å². The van der Waals surface area contributed by atoms with Crippen molar-refractivity contribution >= 4 is 17.2 Å². The molecule has 3 aromatic rings. The van der Waals surface area contributed by atoms with Gasteiger partial charge in [0.05, 0.1) is 5.56 Å². The molecule has 3 rings (SSSR count). The highest BCUT2D eigenvalue weighted by molar-refractivity contribution is 6.04. The summed E-state index contributed by atoms with van der Waals surface area (Å²) in [7, 11) is 0. The Morgan fingerprint density at radius 1 is 1.29 bits per heavy atom. The average molecular weight is 279 g/mol. The third-order valence-electron chi connectivity index (χ3n) is 3.63. The van der Waals surface area contributed by atoms with Crippen molar-refractivity contribution in [3.63, 3.8) is 0 Å². The van der Waals surface area contributed by atoms with Gasteiger partial charge in [-0.15, -0.1) is 0 Å².